The van der Waals surface area contributed by atoms with Crippen LogP contribution in [0, 0.1) is 0 Å². The lowest BCUT2D eigenvalue weighted by Gasteiger charge is -2.45. The van der Waals surface area contributed by atoms with Gasteiger partial charge < -0.3 is 5.11 Å². The van der Waals surface area contributed by atoms with E-state index in [1.54, 1.807) is 0 Å². The molecule has 12 heavy (non-hydrogen) atoms. The van der Waals surface area contributed by atoms with Gasteiger partial charge in [-0.2, -0.15) is 0 Å². The fraction of sp³-hybridized carbons (Fsp3) is 1.00. The van der Waals surface area contributed by atoms with Crippen molar-refractivity contribution in [1.82, 2.24) is 4.90 Å². The van der Waals surface area contributed by atoms with Crippen molar-refractivity contribution < 1.29 is 5.11 Å². The molecular formula is C10H19NO. The minimum Gasteiger partial charge on any atom is -0.392 e. The zero-order valence-electron chi connectivity index (χ0n) is 7.87. The molecule has 0 aliphatic carbocycles. The number of nitrogens with zero attached hydrogens (tertiary/aromatic N) is 1. The van der Waals surface area contributed by atoms with Crippen molar-refractivity contribution in [2.45, 2.75) is 57.2 Å². The van der Waals surface area contributed by atoms with E-state index in [0.29, 0.717) is 6.04 Å². The van der Waals surface area contributed by atoms with E-state index in [4.69, 9.17) is 0 Å². The maximum Gasteiger partial charge on any atom is 0.0693 e. The molecule has 2 heteroatoms. The number of rotatable bonds is 0. The fourth-order valence-corrected chi connectivity index (χ4v) is 2.69. The minimum atomic E-state index is -0.0700. The Morgan fingerprint density at radius 1 is 1.17 bits per heavy atom. The van der Waals surface area contributed by atoms with E-state index >= 15 is 0 Å². The van der Waals surface area contributed by atoms with Gasteiger partial charge in [-0.1, -0.05) is 6.42 Å². The van der Waals surface area contributed by atoms with Crippen molar-refractivity contribution in [3.05, 3.63) is 0 Å². The van der Waals surface area contributed by atoms with Crippen LogP contribution < -0.4 is 0 Å². The molecule has 2 aliphatic rings. The molecule has 3 atom stereocenters. The second kappa shape index (κ2) is 3.35. The van der Waals surface area contributed by atoms with Gasteiger partial charge in [0.25, 0.3) is 0 Å². The van der Waals surface area contributed by atoms with E-state index in [2.05, 4.69) is 11.8 Å². The first-order valence-corrected chi connectivity index (χ1v) is 5.23. The Balaban J connectivity index is 2.03. The van der Waals surface area contributed by atoms with Crippen LogP contribution >= 0.6 is 0 Å². The van der Waals surface area contributed by atoms with Crippen LogP contribution in [0.4, 0.5) is 0 Å². The van der Waals surface area contributed by atoms with Crippen LogP contribution in [0.5, 0.6) is 0 Å². The van der Waals surface area contributed by atoms with Crippen molar-refractivity contribution in [2.75, 3.05) is 6.54 Å². The molecule has 0 radical (unpaired) electrons. The Hall–Kier alpha value is -0.0800. The summed E-state index contributed by atoms with van der Waals surface area (Å²) in [7, 11) is 0. The van der Waals surface area contributed by atoms with Crippen LogP contribution in [-0.4, -0.2) is 34.7 Å². The van der Waals surface area contributed by atoms with Crippen LogP contribution in [0.1, 0.15) is 39.0 Å². The summed E-state index contributed by atoms with van der Waals surface area (Å²) < 4.78 is 0. The predicted molar refractivity (Wildman–Crippen MR) is 49.0 cm³/mol. The average molecular weight is 169 g/mol. The number of hydrogen-bond donors (Lipinski definition) is 1. The number of hydrogen-bond acceptors (Lipinski definition) is 2. The molecule has 0 bridgehead atoms. The minimum absolute atomic E-state index is 0.0700. The fourth-order valence-electron chi connectivity index (χ4n) is 2.69. The topological polar surface area (TPSA) is 23.5 Å². The highest BCUT2D eigenvalue weighted by atomic mass is 16.3. The lowest BCUT2D eigenvalue weighted by atomic mass is 9.88. The van der Waals surface area contributed by atoms with Gasteiger partial charge >= 0.3 is 0 Å². The molecule has 2 rings (SSSR count). The van der Waals surface area contributed by atoms with Crippen LogP contribution in [0.25, 0.3) is 0 Å². The quantitative estimate of drug-likeness (QED) is 0.592. The van der Waals surface area contributed by atoms with Crippen LogP contribution in [0.3, 0.4) is 0 Å². The maximum atomic E-state index is 9.67. The molecule has 1 N–H and O–H groups in total. The second-order valence-electron chi connectivity index (χ2n) is 4.27. The average Bonchev–Trinajstić information content (AvgIpc) is 2.12. The predicted octanol–water partition coefficient (Wildman–Crippen LogP) is 1.38. The zero-order valence-corrected chi connectivity index (χ0v) is 7.87. The van der Waals surface area contributed by atoms with Crippen molar-refractivity contribution in [2.24, 2.45) is 0 Å². The van der Waals surface area contributed by atoms with E-state index in [1.807, 2.05) is 0 Å². The van der Waals surface area contributed by atoms with E-state index in [9.17, 15) is 5.11 Å². The molecule has 2 heterocycles. The van der Waals surface area contributed by atoms with E-state index in [0.717, 1.165) is 12.5 Å². The highest BCUT2D eigenvalue weighted by Crippen LogP contribution is 2.29. The standard InChI is InChI=1S/C10H19NO/c1-8-10(12)6-5-9-4-2-3-7-11(8)9/h8-10,12H,2-7H2,1H3. The van der Waals surface area contributed by atoms with E-state index in [1.165, 1.54) is 32.2 Å². The summed E-state index contributed by atoms with van der Waals surface area (Å²) in [5.41, 5.74) is 0. The molecule has 0 amide bonds. The molecule has 70 valence electrons. The normalized spacial score (nSPS) is 44.0. The Morgan fingerprint density at radius 3 is 2.83 bits per heavy atom. The van der Waals surface area contributed by atoms with Crippen molar-refractivity contribution in [1.29, 1.82) is 0 Å². The zero-order chi connectivity index (χ0) is 8.55. The molecule has 0 spiro atoms. The monoisotopic (exact) mass is 169 g/mol. The first-order valence-electron chi connectivity index (χ1n) is 5.23. The molecule has 2 saturated heterocycles. The Kier molecular flexibility index (Phi) is 2.37. The summed E-state index contributed by atoms with van der Waals surface area (Å²) >= 11 is 0. The lowest BCUT2D eigenvalue weighted by Crippen LogP contribution is -2.53. The molecule has 2 fully saturated rings. The molecule has 3 unspecified atom stereocenters. The Labute approximate surface area is 74.6 Å². The first-order chi connectivity index (χ1) is 5.79. The van der Waals surface area contributed by atoms with Crippen molar-refractivity contribution >= 4 is 0 Å². The van der Waals surface area contributed by atoms with Crippen molar-refractivity contribution in [3.8, 4) is 0 Å². The number of aliphatic hydroxyl groups excluding tert-OH is 1. The Morgan fingerprint density at radius 2 is 2.00 bits per heavy atom. The van der Waals surface area contributed by atoms with Crippen LogP contribution in [0.15, 0.2) is 0 Å². The van der Waals surface area contributed by atoms with Crippen LogP contribution in [-0.2, 0) is 0 Å². The second-order valence-corrected chi connectivity index (χ2v) is 4.27. The molecular weight excluding hydrogens is 150 g/mol. The summed E-state index contributed by atoms with van der Waals surface area (Å²) in [5, 5.41) is 9.67. The van der Waals surface area contributed by atoms with Gasteiger partial charge in [-0.05, 0) is 39.2 Å². The highest BCUT2D eigenvalue weighted by Gasteiger charge is 2.34. The molecule has 0 saturated carbocycles. The van der Waals surface area contributed by atoms with Gasteiger partial charge in [0, 0.05) is 12.1 Å². The molecule has 2 nitrogen and oxygen atoms in total. The first kappa shape index (κ1) is 8.52. The van der Waals surface area contributed by atoms with Gasteiger partial charge in [0.1, 0.15) is 0 Å². The smallest absolute Gasteiger partial charge is 0.0693 e. The summed E-state index contributed by atoms with van der Waals surface area (Å²) in [6.45, 7) is 3.38. The van der Waals surface area contributed by atoms with E-state index < -0.39 is 0 Å². The number of aliphatic hydroxyl groups is 1. The number of piperidine rings is 2. The molecule has 0 aromatic carbocycles. The maximum absolute atomic E-state index is 9.67. The summed E-state index contributed by atoms with van der Waals surface area (Å²) in [4.78, 5) is 2.51. The molecule has 0 aromatic heterocycles. The Bertz CT molecular complexity index is 158. The largest absolute Gasteiger partial charge is 0.392 e. The van der Waals surface area contributed by atoms with E-state index in [-0.39, 0.29) is 6.10 Å². The van der Waals surface area contributed by atoms with Gasteiger partial charge in [0.15, 0.2) is 0 Å². The third-order valence-electron chi connectivity index (χ3n) is 3.55. The van der Waals surface area contributed by atoms with Gasteiger partial charge in [-0.25, -0.2) is 0 Å². The third-order valence-corrected chi connectivity index (χ3v) is 3.55. The SMILES string of the molecule is CC1C(O)CCC2CCCCN21. The van der Waals surface area contributed by atoms with Crippen molar-refractivity contribution in [3.63, 3.8) is 0 Å². The van der Waals surface area contributed by atoms with Gasteiger partial charge in [0.05, 0.1) is 6.10 Å². The van der Waals surface area contributed by atoms with Gasteiger partial charge in [-0.3, -0.25) is 4.90 Å². The summed E-state index contributed by atoms with van der Waals surface area (Å²) in [6.07, 6.45) is 6.24. The molecule has 0 aromatic rings. The highest BCUT2D eigenvalue weighted by molar-refractivity contribution is 4.89. The summed E-state index contributed by atoms with van der Waals surface area (Å²) in [6, 6.07) is 1.20. The third kappa shape index (κ3) is 1.38. The van der Waals surface area contributed by atoms with Gasteiger partial charge in [-0.15, -0.1) is 0 Å². The molecule has 2 aliphatic heterocycles. The van der Waals surface area contributed by atoms with Crippen LogP contribution in [0.2, 0.25) is 0 Å². The summed E-state index contributed by atoms with van der Waals surface area (Å²) in [5.74, 6) is 0. The van der Waals surface area contributed by atoms with Gasteiger partial charge in [0.2, 0.25) is 0 Å². The number of fused-ring (bicyclic) bond motifs is 1. The lowest BCUT2D eigenvalue weighted by molar-refractivity contribution is -0.0282.